The van der Waals surface area contributed by atoms with Crippen molar-refractivity contribution in [3.05, 3.63) is 65.6 Å². The molecule has 0 saturated carbocycles. The minimum absolute atomic E-state index is 0.0170. The quantitative estimate of drug-likeness (QED) is 0.434. The van der Waals surface area contributed by atoms with Gasteiger partial charge in [-0.3, -0.25) is 9.78 Å². The number of aromatic nitrogens is 3. The Hall–Kier alpha value is -4.01. The molecule has 1 aromatic carbocycles. The van der Waals surface area contributed by atoms with Crippen molar-refractivity contribution in [3.8, 4) is 17.0 Å². The van der Waals surface area contributed by atoms with Crippen LogP contribution in [0.5, 0.6) is 5.75 Å². The van der Waals surface area contributed by atoms with Gasteiger partial charge >= 0.3 is 0 Å². The van der Waals surface area contributed by atoms with Crippen LogP contribution in [0.2, 0.25) is 0 Å². The van der Waals surface area contributed by atoms with Crippen molar-refractivity contribution in [2.24, 2.45) is 0 Å². The molecule has 0 atom stereocenters. The molecule has 1 aliphatic heterocycles. The van der Waals surface area contributed by atoms with Crippen molar-refractivity contribution in [2.75, 3.05) is 19.0 Å². The van der Waals surface area contributed by atoms with Gasteiger partial charge in [-0.15, -0.1) is 0 Å². The number of hydrogen-bond acceptors (Lipinski definition) is 5. The minimum Gasteiger partial charge on any atom is -0.492 e. The first-order valence-electron chi connectivity index (χ1n) is 9.61. The topological polar surface area (TPSA) is 91.9 Å². The molecule has 0 bridgehead atoms. The lowest BCUT2D eigenvalue weighted by atomic mass is 10.0. The minimum atomic E-state index is -0.642. The van der Waals surface area contributed by atoms with Crippen LogP contribution in [0.15, 0.2) is 42.6 Å². The van der Waals surface area contributed by atoms with Crippen LogP contribution in [-0.4, -0.2) is 34.5 Å². The summed E-state index contributed by atoms with van der Waals surface area (Å²) in [4.78, 5) is 24.3. The van der Waals surface area contributed by atoms with Gasteiger partial charge in [0.05, 0.1) is 35.3 Å². The Morgan fingerprint density at radius 3 is 2.87 bits per heavy atom. The number of pyridine rings is 2. The van der Waals surface area contributed by atoms with Crippen LogP contribution >= 0.6 is 0 Å². The molecule has 0 fully saturated rings. The van der Waals surface area contributed by atoms with Crippen LogP contribution in [0.3, 0.4) is 0 Å². The first-order chi connectivity index (χ1) is 15.1. The van der Waals surface area contributed by atoms with Gasteiger partial charge < -0.3 is 20.4 Å². The van der Waals surface area contributed by atoms with Gasteiger partial charge in [0.15, 0.2) is 11.6 Å². The number of ether oxygens (including phenoxy) is 1. The Morgan fingerprint density at radius 2 is 2.03 bits per heavy atom. The van der Waals surface area contributed by atoms with Gasteiger partial charge in [-0.25, -0.2) is 9.37 Å². The summed E-state index contributed by atoms with van der Waals surface area (Å²) in [5, 5.41) is 5.97. The SMILES string of the molecule is COc1c(F)cccc1Nc1c(-c2ccnc3ccc(F)nc23)[nH]c2c1C(=O)NCC2. The highest BCUT2D eigenvalue weighted by Gasteiger charge is 2.28. The molecule has 0 aliphatic carbocycles. The molecule has 156 valence electrons. The summed E-state index contributed by atoms with van der Waals surface area (Å²) in [5.74, 6) is -1.43. The molecule has 3 N–H and O–H groups in total. The van der Waals surface area contributed by atoms with Gasteiger partial charge in [0, 0.05) is 30.4 Å². The van der Waals surface area contributed by atoms with Crippen molar-refractivity contribution in [2.45, 2.75) is 6.42 Å². The van der Waals surface area contributed by atoms with E-state index in [1.807, 2.05) is 0 Å². The van der Waals surface area contributed by atoms with Gasteiger partial charge in [0.25, 0.3) is 5.91 Å². The number of nitrogens with zero attached hydrogens (tertiary/aromatic N) is 2. The number of hydrogen-bond donors (Lipinski definition) is 3. The highest BCUT2D eigenvalue weighted by Crippen LogP contribution is 2.40. The van der Waals surface area contributed by atoms with Crippen LogP contribution in [0, 0.1) is 11.8 Å². The van der Waals surface area contributed by atoms with Crippen LogP contribution in [0.25, 0.3) is 22.3 Å². The fraction of sp³-hybridized carbons (Fsp3) is 0.136. The number of carbonyl (C=O) groups excluding carboxylic acids is 1. The molecular weight excluding hydrogens is 404 g/mol. The lowest BCUT2D eigenvalue weighted by molar-refractivity contribution is 0.0947. The predicted octanol–water partition coefficient (Wildman–Crippen LogP) is 3.94. The van der Waals surface area contributed by atoms with Gasteiger partial charge in [-0.2, -0.15) is 4.39 Å². The maximum Gasteiger partial charge on any atom is 0.255 e. The number of para-hydroxylation sites is 1. The highest BCUT2D eigenvalue weighted by molar-refractivity contribution is 6.08. The van der Waals surface area contributed by atoms with Gasteiger partial charge in [0.1, 0.15) is 5.52 Å². The zero-order valence-corrected chi connectivity index (χ0v) is 16.4. The van der Waals surface area contributed by atoms with Crippen molar-refractivity contribution in [3.63, 3.8) is 0 Å². The van der Waals surface area contributed by atoms with E-state index in [4.69, 9.17) is 4.74 Å². The molecule has 31 heavy (non-hydrogen) atoms. The van der Waals surface area contributed by atoms with Crippen LogP contribution in [-0.2, 0) is 6.42 Å². The number of halogens is 2. The summed E-state index contributed by atoms with van der Waals surface area (Å²) in [5.41, 5.74) is 3.84. The van der Waals surface area contributed by atoms with E-state index in [2.05, 4.69) is 25.6 Å². The van der Waals surface area contributed by atoms with E-state index >= 15 is 0 Å². The maximum absolute atomic E-state index is 14.3. The van der Waals surface area contributed by atoms with Crippen LogP contribution < -0.4 is 15.4 Å². The largest absolute Gasteiger partial charge is 0.492 e. The van der Waals surface area contributed by atoms with E-state index in [0.717, 1.165) is 5.69 Å². The second-order valence-electron chi connectivity index (χ2n) is 7.04. The number of rotatable bonds is 4. The Morgan fingerprint density at radius 1 is 1.16 bits per heavy atom. The molecular formula is C22H17F2N5O2. The fourth-order valence-corrected chi connectivity index (χ4v) is 3.86. The van der Waals surface area contributed by atoms with E-state index in [-0.39, 0.29) is 11.7 Å². The Kier molecular flexibility index (Phi) is 4.50. The van der Waals surface area contributed by atoms with Gasteiger partial charge in [-0.05, 0) is 30.3 Å². The Labute approximate surface area is 175 Å². The number of fused-ring (bicyclic) bond motifs is 2. The van der Waals surface area contributed by atoms with E-state index in [0.29, 0.717) is 52.2 Å². The first-order valence-corrected chi connectivity index (χ1v) is 9.61. The monoisotopic (exact) mass is 421 g/mol. The summed E-state index contributed by atoms with van der Waals surface area (Å²) in [6.45, 7) is 0.485. The molecule has 1 amide bonds. The van der Waals surface area contributed by atoms with Crippen molar-refractivity contribution in [1.29, 1.82) is 0 Å². The number of benzene rings is 1. The molecule has 4 heterocycles. The Balaban J connectivity index is 1.76. The average molecular weight is 421 g/mol. The van der Waals surface area contributed by atoms with E-state index in [9.17, 15) is 13.6 Å². The molecule has 0 spiro atoms. The lowest BCUT2D eigenvalue weighted by Crippen LogP contribution is -2.31. The van der Waals surface area contributed by atoms with Gasteiger partial charge in [0.2, 0.25) is 5.95 Å². The number of H-pyrrole nitrogens is 1. The molecule has 3 aromatic heterocycles. The summed E-state index contributed by atoms with van der Waals surface area (Å²) in [6.07, 6.45) is 2.17. The second kappa shape index (κ2) is 7.35. The number of amides is 1. The number of methoxy groups -OCH3 is 1. The van der Waals surface area contributed by atoms with E-state index in [1.165, 1.54) is 25.3 Å². The fourth-order valence-electron chi connectivity index (χ4n) is 3.86. The summed E-state index contributed by atoms with van der Waals surface area (Å²) in [6, 6.07) is 8.94. The molecule has 0 unspecified atom stereocenters. The van der Waals surface area contributed by atoms with Crippen LogP contribution in [0.4, 0.5) is 20.2 Å². The zero-order chi connectivity index (χ0) is 21.5. The zero-order valence-electron chi connectivity index (χ0n) is 16.4. The summed E-state index contributed by atoms with van der Waals surface area (Å²) < 4.78 is 33.4. The number of nitrogens with one attached hydrogen (secondary N) is 3. The van der Waals surface area contributed by atoms with Crippen molar-refractivity contribution < 1.29 is 18.3 Å². The highest BCUT2D eigenvalue weighted by atomic mass is 19.1. The molecule has 5 rings (SSSR count). The molecule has 4 aromatic rings. The maximum atomic E-state index is 14.3. The summed E-state index contributed by atoms with van der Waals surface area (Å²) >= 11 is 0. The number of anilines is 2. The van der Waals surface area contributed by atoms with Crippen molar-refractivity contribution in [1.82, 2.24) is 20.3 Å². The molecule has 1 aliphatic rings. The smallest absolute Gasteiger partial charge is 0.255 e. The van der Waals surface area contributed by atoms with Crippen molar-refractivity contribution >= 4 is 28.3 Å². The Bertz CT molecular complexity index is 1340. The third-order valence-electron chi connectivity index (χ3n) is 5.22. The number of carbonyl (C=O) groups is 1. The van der Waals surface area contributed by atoms with Crippen LogP contribution in [0.1, 0.15) is 16.1 Å². The second-order valence-corrected chi connectivity index (χ2v) is 7.04. The third kappa shape index (κ3) is 3.14. The standard InChI is InChI=1S/C22H17F2N5O2/c1-31-21-12(23)3-2-4-15(21)28-20-17-13(8-10-26-22(17)30)27-19(20)11-7-9-25-14-5-6-16(24)29-18(11)14/h2-7,9,27-28H,8,10H2,1H3,(H,26,30). The number of aromatic amines is 1. The average Bonchev–Trinajstić information content (AvgIpc) is 3.13. The van der Waals surface area contributed by atoms with Gasteiger partial charge in [-0.1, -0.05) is 6.07 Å². The molecule has 9 heteroatoms. The third-order valence-corrected chi connectivity index (χ3v) is 5.22. The normalized spacial score (nSPS) is 13.1. The molecule has 0 saturated heterocycles. The lowest BCUT2D eigenvalue weighted by Gasteiger charge is -2.16. The predicted molar refractivity (Wildman–Crippen MR) is 112 cm³/mol. The first kappa shape index (κ1) is 19.0. The molecule has 7 nitrogen and oxygen atoms in total. The van der Waals surface area contributed by atoms with E-state index in [1.54, 1.807) is 24.4 Å². The van der Waals surface area contributed by atoms with E-state index < -0.39 is 11.8 Å². The molecule has 0 radical (unpaired) electrons. The summed E-state index contributed by atoms with van der Waals surface area (Å²) in [7, 11) is 1.37.